The summed E-state index contributed by atoms with van der Waals surface area (Å²) in [6, 6.07) is 0.399. The summed E-state index contributed by atoms with van der Waals surface area (Å²) in [6.07, 6.45) is 3.72. The molecule has 0 N–H and O–H groups in total. The van der Waals surface area contributed by atoms with Crippen molar-refractivity contribution in [3.8, 4) is 0 Å². The van der Waals surface area contributed by atoms with E-state index < -0.39 is 0 Å². The second kappa shape index (κ2) is 6.38. The first-order valence-corrected chi connectivity index (χ1v) is 8.10. The van der Waals surface area contributed by atoms with Gasteiger partial charge in [0.2, 0.25) is 5.89 Å². The zero-order valence-electron chi connectivity index (χ0n) is 13.6. The number of carbonyl (C=O) groups excluding carboxylic acids is 1. The first-order valence-electron chi connectivity index (χ1n) is 8.10. The van der Waals surface area contributed by atoms with Crippen molar-refractivity contribution in [1.29, 1.82) is 0 Å². The lowest BCUT2D eigenvalue weighted by atomic mass is 10.2. The van der Waals surface area contributed by atoms with Crippen LogP contribution in [0, 0.1) is 0 Å². The molecule has 1 aromatic heterocycles. The zero-order valence-corrected chi connectivity index (χ0v) is 13.6. The number of nitrogens with zero attached hydrogens (tertiary/aromatic N) is 3. The average molecular weight is 307 g/mol. The van der Waals surface area contributed by atoms with Crippen molar-refractivity contribution in [3.05, 3.63) is 17.8 Å². The first-order chi connectivity index (χ1) is 10.5. The molecule has 0 aliphatic carbocycles. The van der Waals surface area contributed by atoms with Gasteiger partial charge in [0.05, 0.1) is 19.3 Å². The van der Waals surface area contributed by atoms with E-state index in [1.54, 1.807) is 0 Å². The number of carbonyl (C=O) groups is 1. The van der Waals surface area contributed by atoms with Crippen LogP contribution >= 0.6 is 0 Å². The average Bonchev–Trinajstić information content (AvgIpc) is 3.17. The molecule has 3 rings (SSSR count). The molecule has 1 aromatic rings. The molecular weight excluding hydrogens is 282 g/mol. The van der Waals surface area contributed by atoms with Crippen LogP contribution in [0.1, 0.15) is 44.3 Å². The van der Waals surface area contributed by atoms with Gasteiger partial charge in [-0.15, -0.1) is 0 Å². The van der Waals surface area contributed by atoms with Crippen molar-refractivity contribution >= 4 is 5.97 Å². The normalized spacial score (nSPS) is 26.3. The number of ether oxygens (including phenoxy) is 1. The van der Waals surface area contributed by atoms with Gasteiger partial charge >= 0.3 is 5.97 Å². The molecule has 3 heterocycles. The van der Waals surface area contributed by atoms with Gasteiger partial charge in [-0.25, -0.2) is 4.98 Å². The molecule has 2 aliphatic heterocycles. The van der Waals surface area contributed by atoms with Gasteiger partial charge in [0, 0.05) is 31.5 Å². The molecule has 2 unspecified atom stereocenters. The van der Waals surface area contributed by atoms with Gasteiger partial charge in [0.1, 0.15) is 11.8 Å². The van der Waals surface area contributed by atoms with Gasteiger partial charge in [-0.1, -0.05) is 13.8 Å². The molecule has 122 valence electrons. The predicted molar refractivity (Wildman–Crippen MR) is 81.4 cm³/mol. The van der Waals surface area contributed by atoms with Crippen molar-refractivity contribution in [2.45, 2.75) is 51.2 Å². The number of rotatable bonds is 5. The summed E-state index contributed by atoms with van der Waals surface area (Å²) in [5.74, 6) is 2.01. The highest BCUT2D eigenvalue weighted by molar-refractivity contribution is 5.77. The van der Waals surface area contributed by atoms with Crippen LogP contribution in [0.3, 0.4) is 0 Å². The van der Waals surface area contributed by atoms with Crippen molar-refractivity contribution in [3.63, 3.8) is 0 Å². The maximum absolute atomic E-state index is 11.7. The Kier molecular flexibility index (Phi) is 4.49. The quantitative estimate of drug-likeness (QED) is 0.771. The van der Waals surface area contributed by atoms with Crippen LogP contribution < -0.4 is 0 Å². The number of likely N-dealkylation sites (N-methyl/N-ethyl adjacent to an activating group) is 1. The molecule has 0 saturated carbocycles. The third-order valence-electron chi connectivity index (χ3n) is 4.69. The number of esters is 1. The van der Waals surface area contributed by atoms with Crippen LogP contribution in [0.2, 0.25) is 0 Å². The Morgan fingerprint density at radius 3 is 2.91 bits per heavy atom. The van der Waals surface area contributed by atoms with Crippen LogP contribution in [-0.4, -0.2) is 59.6 Å². The van der Waals surface area contributed by atoms with Crippen LogP contribution in [0.5, 0.6) is 0 Å². The molecule has 6 nitrogen and oxygen atoms in total. The molecular formula is C16H25N3O3. The topological polar surface area (TPSA) is 58.8 Å². The number of hydrogen-bond donors (Lipinski definition) is 0. The van der Waals surface area contributed by atoms with Crippen LogP contribution in [0.4, 0.5) is 0 Å². The summed E-state index contributed by atoms with van der Waals surface area (Å²) in [5, 5.41) is 0. The highest BCUT2D eigenvalue weighted by Gasteiger charge is 2.37. The molecule has 6 heteroatoms. The molecule has 2 aliphatic rings. The highest BCUT2D eigenvalue weighted by Crippen LogP contribution is 2.23. The first kappa shape index (κ1) is 15.5. The van der Waals surface area contributed by atoms with Crippen molar-refractivity contribution in [2.75, 3.05) is 26.7 Å². The molecule has 0 radical (unpaired) electrons. The van der Waals surface area contributed by atoms with E-state index >= 15 is 0 Å². The fourth-order valence-corrected chi connectivity index (χ4v) is 3.23. The van der Waals surface area contributed by atoms with E-state index in [0.29, 0.717) is 25.1 Å². The Morgan fingerprint density at radius 1 is 1.45 bits per heavy atom. The smallest absolute Gasteiger partial charge is 0.323 e. The molecule has 0 spiro atoms. The fraction of sp³-hybridized carbons (Fsp3) is 0.750. The van der Waals surface area contributed by atoms with E-state index in [0.717, 1.165) is 37.6 Å². The summed E-state index contributed by atoms with van der Waals surface area (Å²) < 4.78 is 10.9. The number of aromatic nitrogens is 1. The third-order valence-corrected chi connectivity index (χ3v) is 4.69. The summed E-state index contributed by atoms with van der Waals surface area (Å²) in [7, 11) is 2.10. The summed E-state index contributed by atoms with van der Waals surface area (Å²) in [4.78, 5) is 20.6. The van der Waals surface area contributed by atoms with Gasteiger partial charge in [0.25, 0.3) is 0 Å². The van der Waals surface area contributed by atoms with E-state index in [2.05, 4.69) is 35.7 Å². The van der Waals surface area contributed by atoms with E-state index in [1.165, 1.54) is 0 Å². The minimum Gasteiger partial charge on any atom is -0.464 e. The Morgan fingerprint density at radius 2 is 2.27 bits per heavy atom. The number of likely N-dealkylation sites (tertiary alicyclic amines) is 1. The number of hydrogen-bond acceptors (Lipinski definition) is 6. The van der Waals surface area contributed by atoms with E-state index in [-0.39, 0.29) is 12.0 Å². The van der Waals surface area contributed by atoms with Gasteiger partial charge < -0.3 is 9.15 Å². The molecule has 2 saturated heterocycles. The van der Waals surface area contributed by atoms with E-state index in [1.807, 2.05) is 6.20 Å². The molecule has 0 aromatic carbocycles. The SMILES string of the molecule is CC(C)c1cnc(CN(C)C2CCN(C3CCOC3=O)C2)o1. The summed E-state index contributed by atoms with van der Waals surface area (Å²) in [6.45, 7) is 7.34. The van der Waals surface area contributed by atoms with Crippen molar-refractivity contribution < 1.29 is 13.9 Å². The van der Waals surface area contributed by atoms with Crippen LogP contribution in [0.15, 0.2) is 10.6 Å². The minimum absolute atomic E-state index is 0.0346. The lowest BCUT2D eigenvalue weighted by Gasteiger charge is -2.24. The van der Waals surface area contributed by atoms with Gasteiger partial charge in [-0.3, -0.25) is 14.6 Å². The lowest BCUT2D eigenvalue weighted by Crippen LogP contribution is -2.40. The highest BCUT2D eigenvalue weighted by atomic mass is 16.5. The van der Waals surface area contributed by atoms with Crippen LogP contribution in [0.25, 0.3) is 0 Å². The van der Waals surface area contributed by atoms with Gasteiger partial charge in [-0.2, -0.15) is 0 Å². The second-order valence-electron chi connectivity index (χ2n) is 6.64. The largest absolute Gasteiger partial charge is 0.464 e. The van der Waals surface area contributed by atoms with Crippen molar-refractivity contribution in [2.24, 2.45) is 0 Å². The Bertz CT molecular complexity index is 528. The molecule has 2 atom stereocenters. The van der Waals surface area contributed by atoms with Gasteiger partial charge in [-0.05, 0) is 13.5 Å². The second-order valence-corrected chi connectivity index (χ2v) is 6.64. The summed E-state index contributed by atoms with van der Waals surface area (Å²) in [5.41, 5.74) is 0. The molecule has 0 amide bonds. The predicted octanol–water partition coefficient (Wildman–Crippen LogP) is 1.62. The third kappa shape index (κ3) is 3.17. The zero-order chi connectivity index (χ0) is 15.7. The number of oxazole rings is 1. The Labute approximate surface area is 131 Å². The number of cyclic esters (lactones) is 1. The van der Waals surface area contributed by atoms with Gasteiger partial charge in [0.15, 0.2) is 0 Å². The molecule has 2 fully saturated rings. The molecule has 22 heavy (non-hydrogen) atoms. The fourth-order valence-electron chi connectivity index (χ4n) is 3.23. The van der Waals surface area contributed by atoms with E-state index in [4.69, 9.17) is 9.15 Å². The van der Waals surface area contributed by atoms with E-state index in [9.17, 15) is 4.79 Å². The Hall–Kier alpha value is -1.40. The maximum Gasteiger partial charge on any atom is 0.323 e. The molecule has 0 bridgehead atoms. The maximum atomic E-state index is 11.7. The van der Waals surface area contributed by atoms with Crippen LogP contribution in [-0.2, 0) is 16.1 Å². The summed E-state index contributed by atoms with van der Waals surface area (Å²) >= 11 is 0. The standard InChI is InChI=1S/C16H25N3O3/c1-11(2)14-8-17-15(22-14)10-18(3)12-4-6-19(9-12)13-5-7-21-16(13)20/h8,11-13H,4-7,9-10H2,1-3H3. The minimum atomic E-state index is -0.0578. The lowest BCUT2D eigenvalue weighted by molar-refractivity contribution is -0.142. The monoisotopic (exact) mass is 307 g/mol. The Balaban J connectivity index is 1.54. The van der Waals surface area contributed by atoms with Crippen molar-refractivity contribution in [1.82, 2.24) is 14.8 Å².